The van der Waals surface area contributed by atoms with Gasteiger partial charge < -0.3 is 0 Å². The molecule has 80 valence electrons. The van der Waals surface area contributed by atoms with Crippen LogP contribution in [0.5, 0.6) is 0 Å². The summed E-state index contributed by atoms with van der Waals surface area (Å²) >= 11 is 17.8. The standard InChI is InChI=1S/C11H10Cl3N/c1-3-4-5-7-9(15-2)6-8(12)11(14)10(7)13/h6H,3-5H2,1H3. The number of rotatable bonds is 3. The van der Waals surface area contributed by atoms with Crippen LogP contribution in [0, 0.1) is 6.57 Å². The minimum atomic E-state index is 0.341. The van der Waals surface area contributed by atoms with Crippen molar-refractivity contribution in [1.82, 2.24) is 0 Å². The Balaban J connectivity index is 3.23. The first-order chi connectivity index (χ1) is 7.11. The van der Waals surface area contributed by atoms with E-state index in [1.807, 2.05) is 0 Å². The zero-order valence-corrected chi connectivity index (χ0v) is 10.5. The lowest BCUT2D eigenvalue weighted by Crippen LogP contribution is -1.88. The second-order valence-electron chi connectivity index (χ2n) is 3.20. The summed E-state index contributed by atoms with van der Waals surface area (Å²) in [5, 5.41) is 1.10. The van der Waals surface area contributed by atoms with Crippen molar-refractivity contribution >= 4 is 40.5 Å². The van der Waals surface area contributed by atoms with Gasteiger partial charge in [-0.2, -0.15) is 0 Å². The molecule has 0 fully saturated rings. The van der Waals surface area contributed by atoms with Crippen molar-refractivity contribution < 1.29 is 0 Å². The van der Waals surface area contributed by atoms with Gasteiger partial charge in [0.1, 0.15) is 0 Å². The van der Waals surface area contributed by atoms with Crippen molar-refractivity contribution in [1.29, 1.82) is 0 Å². The van der Waals surface area contributed by atoms with Gasteiger partial charge in [-0.3, -0.25) is 0 Å². The highest BCUT2D eigenvalue weighted by Gasteiger charge is 2.13. The quantitative estimate of drug-likeness (QED) is 0.497. The topological polar surface area (TPSA) is 4.36 Å². The third-order valence-electron chi connectivity index (χ3n) is 2.14. The molecule has 0 aliphatic heterocycles. The second-order valence-corrected chi connectivity index (χ2v) is 4.36. The number of nitrogens with zero attached hydrogens (tertiary/aromatic N) is 1. The van der Waals surface area contributed by atoms with Crippen molar-refractivity contribution in [3.8, 4) is 0 Å². The Morgan fingerprint density at radius 1 is 1.27 bits per heavy atom. The molecule has 0 N–H and O–H groups in total. The Kier molecular flexibility index (Phi) is 4.73. The van der Waals surface area contributed by atoms with Gasteiger partial charge in [0, 0.05) is 0 Å². The van der Waals surface area contributed by atoms with Crippen LogP contribution in [0.1, 0.15) is 25.3 Å². The van der Waals surface area contributed by atoms with Crippen LogP contribution in [0.4, 0.5) is 5.69 Å². The molecule has 0 radical (unpaired) electrons. The summed E-state index contributed by atoms with van der Waals surface area (Å²) in [5.74, 6) is 0. The Bertz CT molecular complexity index is 407. The van der Waals surface area contributed by atoms with Gasteiger partial charge in [-0.15, -0.1) is 0 Å². The van der Waals surface area contributed by atoms with Gasteiger partial charge in [0.05, 0.1) is 21.6 Å². The van der Waals surface area contributed by atoms with E-state index in [1.165, 1.54) is 0 Å². The predicted octanol–water partition coefficient (Wildman–Crippen LogP) is 5.54. The van der Waals surface area contributed by atoms with Gasteiger partial charge in [0.15, 0.2) is 5.69 Å². The summed E-state index contributed by atoms with van der Waals surface area (Å²) in [6, 6.07) is 1.58. The predicted molar refractivity (Wildman–Crippen MR) is 66.3 cm³/mol. The maximum absolute atomic E-state index is 7.05. The zero-order chi connectivity index (χ0) is 11.4. The first kappa shape index (κ1) is 12.6. The summed E-state index contributed by atoms with van der Waals surface area (Å²) in [7, 11) is 0. The zero-order valence-electron chi connectivity index (χ0n) is 8.28. The highest BCUT2D eigenvalue weighted by molar-refractivity contribution is 6.48. The SMILES string of the molecule is [C-]#[N+]c1cc(Cl)c(Cl)c(Cl)c1CCCC. The molecule has 0 amide bonds. The Morgan fingerprint density at radius 3 is 2.47 bits per heavy atom. The lowest BCUT2D eigenvalue weighted by Gasteiger charge is -2.09. The van der Waals surface area contributed by atoms with E-state index < -0.39 is 0 Å². The van der Waals surface area contributed by atoms with Crippen molar-refractivity contribution in [2.24, 2.45) is 0 Å². The number of benzene rings is 1. The molecule has 1 nitrogen and oxygen atoms in total. The molecule has 0 saturated carbocycles. The fraction of sp³-hybridized carbons (Fsp3) is 0.364. The third-order valence-corrected chi connectivity index (χ3v) is 3.44. The summed E-state index contributed by atoms with van der Waals surface area (Å²) in [6.45, 7) is 9.13. The summed E-state index contributed by atoms with van der Waals surface area (Å²) < 4.78 is 0. The minimum absolute atomic E-state index is 0.341. The minimum Gasteiger partial charge on any atom is -0.238 e. The molecular formula is C11H10Cl3N. The van der Waals surface area contributed by atoms with Crippen LogP contribution in [0.3, 0.4) is 0 Å². The van der Waals surface area contributed by atoms with E-state index in [-0.39, 0.29) is 0 Å². The highest BCUT2D eigenvalue weighted by atomic mass is 35.5. The fourth-order valence-corrected chi connectivity index (χ4v) is 2.02. The van der Waals surface area contributed by atoms with Crippen LogP contribution >= 0.6 is 34.8 Å². The molecule has 0 heterocycles. The molecule has 1 rings (SSSR count). The average Bonchev–Trinajstić information content (AvgIpc) is 2.24. The Labute approximate surface area is 105 Å². The molecule has 1 aromatic carbocycles. The van der Waals surface area contributed by atoms with E-state index in [0.717, 1.165) is 24.8 Å². The molecule has 15 heavy (non-hydrogen) atoms. The summed E-state index contributed by atoms with van der Waals surface area (Å²) in [5.41, 5.74) is 1.31. The summed E-state index contributed by atoms with van der Waals surface area (Å²) in [4.78, 5) is 3.41. The lowest BCUT2D eigenvalue weighted by atomic mass is 10.1. The van der Waals surface area contributed by atoms with Crippen LogP contribution in [0.2, 0.25) is 15.1 Å². The largest absolute Gasteiger partial charge is 0.238 e. The maximum Gasteiger partial charge on any atom is 0.193 e. The average molecular weight is 263 g/mol. The van der Waals surface area contributed by atoms with Gasteiger partial charge in [-0.25, -0.2) is 4.85 Å². The molecule has 0 bridgehead atoms. The number of hydrogen-bond donors (Lipinski definition) is 0. The summed E-state index contributed by atoms with van der Waals surface area (Å²) in [6.07, 6.45) is 2.80. The molecule has 0 aromatic heterocycles. The van der Waals surface area contributed by atoms with Crippen LogP contribution in [-0.2, 0) is 6.42 Å². The maximum atomic E-state index is 7.05. The first-order valence-corrected chi connectivity index (χ1v) is 5.79. The lowest BCUT2D eigenvalue weighted by molar-refractivity contribution is 0.797. The smallest absolute Gasteiger partial charge is 0.193 e. The van der Waals surface area contributed by atoms with Crippen molar-refractivity contribution in [2.75, 3.05) is 0 Å². The fourth-order valence-electron chi connectivity index (χ4n) is 1.31. The van der Waals surface area contributed by atoms with Gasteiger partial charge >= 0.3 is 0 Å². The monoisotopic (exact) mass is 261 g/mol. The van der Waals surface area contributed by atoms with Gasteiger partial charge in [0.2, 0.25) is 0 Å². The molecule has 0 saturated heterocycles. The Hall–Kier alpha value is -0.420. The van der Waals surface area contributed by atoms with E-state index >= 15 is 0 Å². The molecule has 1 aromatic rings. The highest BCUT2D eigenvalue weighted by Crippen LogP contribution is 2.39. The number of hydrogen-bond acceptors (Lipinski definition) is 0. The van der Waals surface area contributed by atoms with Crippen LogP contribution in [0.15, 0.2) is 6.07 Å². The molecular weight excluding hydrogens is 252 g/mol. The Morgan fingerprint density at radius 2 is 1.93 bits per heavy atom. The molecule has 0 aliphatic carbocycles. The molecule has 4 heteroatoms. The second kappa shape index (κ2) is 5.61. The van der Waals surface area contributed by atoms with Crippen LogP contribution in [0.25, 0.3) is 4.85 Å². The first-order valence-electron chi connectivity index (χ1n) is 4.65. The van der Waals surface area contributed by atoms with E-state index in [9.17, 15) is 0 Å². The molecule has 0 aliphatic rings. The van der Waals surface area contributed by atoms with E-state index in [1.54, 1.807) is 6.07 Å². The molecule has 0 atom stereocenters. The van der Waals surface area contributed by atoms with Crippen LogP contribution < -0.4 is 0 Å². The van der Waals surface area contributed by atoms with Crippen molar-refractivity contribution in [3.05, 3.63) is 38.1 Å². The number of unbranched alkanes of at least 4 members (excludes halogenated alkanes) is 1. The normalized spacial score (nSPS) is 10.1. The van der Waals surface area contributed by atoms with Gasteiger partial charge in [0.25, 0.3) is 0 Å². The van der Waals surface area contributed by atoms with E-state index in [0.29, 0.717) is 20.8 Å². The van der Waals surface area contributed by atoms with Gasteiger partial charge in [-0.1, -0.05) is 54.6 Å². The van der Waals surface area contributed by atoms with Crippen LogP contribution in [-0.4, -0.2) is 0 Å². The van der Waals surface area contributed by atoms with E-state index in [2.05, 4.69) is 11.8 Å². The van der Waals surface area contributed by atoms with Crippen molar-refractivity contribution in [3.63, 3.8) is 0 Å². The number of halogens is 3. The molecule has 0 spiro atoms. The van der Waals surface area contributed by atoms with Crippen molar-refractivity contribution in [2.45, 2.75) is 26.2 Å². The third kappa shape index (κ3) is 2.78. The molecule has 0 unspecified atom stereocenters. The van der Waals surface area contributed by atoms with Gasteiger partial charge in [-0.05, 0) is 18.1 Å². The van der Waals surface area contributed by atoms with E-state index in [4.69, 9.17) is 41.4 Å².